The summed E-state index contributed by atoms with van der Waals surface area (Å²) in [6.45, 7) is 0.339. The Morgan fingerprint density at radius 1 is 0.696 bits per heavy atom. The number of rotatable bonds is 3. The maximum Gasteiger partial charge on any atom is 0.227 e. The number of pyridine rings is 1. The van der Waals surface area contributed by atoms with Crippen molar-refractivity contribution in [2.24, 2.45) is 0 Å². The van der Waals surface area contributed by atoms with Crippen LogP contribution in [0.3, 0.4) is 0 Å². The molecule has 3 aromatic carbocycles. The third-order valence-corrected chi connectivity index (χ3v) is 4.16. The molecule has 110 valence electrons. The third kappa shape index (κ3) is 2.49. The molecule has 0 atom stereocenters. The largest absolute Gasteiger partial charge is 0.287 e. The van der Waals surface area contributed by atoms with Gasteiger partial charge in [0, 0.05) is 28.5 Å². The number of carbonyl (C=O) groups is 1. The lowest BCUT2D eigenvalue weighted by Crippen LogP contribution is -2.39. The van der Waals surface area contributed by atoms with Gasteiger partial charge in [0.2, 0.25) is 23.4 Å². The molecule has 1 heterocycles. The van der Waals surface area contributed by atoms with Crippen LogP contribution in [0.25, 0.3) is 21.8 Å². The predicted molar refractivity (Wildman–Crippen MR) is 92.4 cm³/mol. The Hall–Kier alpha value is -3.00. The van der Waals surface area contributed by atoms with Gasteiger partial charge in [-0.05, 0) is 18.2 Å². The van der Waals surface area contributed by atoms with Crippen LogP contribution in [0.2, 0.25) is 0 Å². The molecule has 0 saturated carbocycles. The average molecular weight is 298 g/mol. The molecule has 0 aliphatic rings. The normalized spacial score (nSPS) is 11.0. The zero-order chi connectivity index (χ0) is 15.6. The number of benzene rings is 3. The van der Waals surface area contributed by atoms with E-state index in [1.165, 1.54) is 0 Å². The minimum absolute atomic E-state index is 0.122. The van der Waals surface area contributed by atoms with Gasteiger partial charge < -0.3 is 0 Å². The first-order valence-corrected chi connectivity index (χ1v) is 7.71. The maximum atomic E-state index is 12.7. The molecule has 0 aliphatic carbocycles. The van der Waals surface area contributed by atoms with Gasteiger partial charge in [-0.3, -0.25) is 4.79 Å². The molecule has 4 rings (SSSR count). The fourth-order valence-corrected chi connectivity index (χ4v) is 3.04. The minimum Gasteiger partial charge on any atom is -0.287 e. The number of hydrogen-bond donors (Lipinski definition) is 0. The van der Waals surface area contributed by atoms with Gasteiger partial charge in [0.05, 0.1) is 0 Å². The Kier molecular flexibility index (Phi) is 3.35. The van der Waals surface area contributed by atoms with E-state index in [0.29, 0.717) is 6.54 Å². The second-order valence-corrected chi connectivity index (χ2v) is 5.64. The van der Waals surface area contributed by atoms with Crippen molar-refractivity contribution in [2.75, 3.05) is 0 Å². The van der Waals surface area contributed by atoms with Gasteiger partial charge in [-0.15, -0.1) is 0 Å². The fourth-order valence-electron chi connectivity index (χ4n) is 3.04. The molecule has 0 fully saturated rings. The summed E-state index contributed by atoms with van der Waals surface area (Å²) in [6.07, 6.45) is 0. The molecule has 2 nitrogen and oxygen atoms in total. The Morgan fingerprint density at radius 3 is 1.83 bits per heavy atom. The van der Waals surface area contributed by atoms with Crippen molar-refractivity contribution in [1.29, 1.82) is 0 Å². The summed E-state index contributed by atoms with van der Waals surface area (Å²) < 4.78 is 2.11. The third-order valence-electron chi connectivity index (χ3n) is 4.16. The summed E-state index contributed by atoms with van der Waals surface area (Å²) in [5, 5.41) is 2.29. The van der Waals surface area contributed by atoms with Crippen molar-refractivity contribution < 1.29 is 9.36 Å². The predicted octanol–water partition coefficient (Wildman–Crippen LogP) is 4.16. The van der Waals surface area contributed by atoms with E-state index in [-0.39, 0.29) is 5.78 Å². The standard InChI is InChI=1S/C21H16NO/c23-21(16-8-2-1-3-9-16)15-22-19-12-6-4-10-17(19)14-18-11-5-7-13-20(18)22/h1-14H,15H2/q+1. The summed E-state index contributed by atoms with van der Waals surface area (Å²) in [7, 11) is 0. The molecule has 4 aromatic rings. The number of para-hydroxylation sites is 2. The molecule has 0 unspecified atom stereocenters. The van der Waals surface area contributed by atoms with Crippen molar-refractivity contribution >= 4 is 27.6 Å². The molecular weight excluding hydrogens is 282 g/mol. The van der Waals surface area contributed by atoms with Gasteiger partial charge in [0.25, 0.3) is 0 Å². The lowest BCUT2D eigenvalue weighted by atomic mass is 10.1. The Morgan fingerprint density at radius 2 is 1.22 bits per heavy atom. The lowest BCUT2D eigenvalue weighted by molar-refractivity contribution is -0.630. The number of carbonyl (C=O) groups excluding carboxylic acids is 1. The molecule has 0 radical (unpaired) electrons. The molecule has 0 aliphatic heterocycles. The molecule has 0 saturated heterocycles. The summed E-state index contributed by atoms with van der Waals surface area (Å²) in [6, 6.07) is 28.1. The van der Waals surface area contributed by atoms with Crippen LogP contribution >= 0.6 is 0 Å². The molecule has 2 heteroatoms. The van der Waals surface area contributed by atoms with Crippen molar-refractivity contribution in [1.82, 2.24) is 0 Å². The quantitative estimate of drug-likeness (QED) is 0.316. The van der Waals surface area contributed by atoms with Crippen molar-refractivity contribution in [3.05, 3.63) is 90.5 Å². The second-order valence-electron chi connectivity index (χ2n) is 5.64. The van der Waals surface area contributed by atoms with Gasteiger partial charge in [-0.1, -0.05) is 54.6 Å². The summed E-state index contributed by atoms with van der Waals surface area (Å²) >= 11 is 0. The first-order chi connectivity index (χ1) is 11.3. The van der Waals surface area contributed by atoms with Crippen LogP contribution < -0.4 is 4.57 Å². The number of hydrogen-bond acceptors (Lipinski definition) is 1. The van der Waals surface area contributed by atoms with Crippen LogP contribution in [0, 0.1) is 0 Å². The lowest BCUT2D eigenvalue weighted by Gasteiger charge is -2.05. The first kappa shape index (κ1) is 13.6. The van der Waals surface area contributed by atoms with Crippen molar-refractivity contribution in [3.63, 3.8) is 0 Å². The van der Waals surface area contributed by atoms with Crippen LogP contribution in [-0.4, -0.2) is 5.78 Å². The van der Waals surface area contributed by atoms with E-state index in [1.807, 2.05) is 54.6 Å². The van der Waals surface area contributed by atoms with Crippen LogP contribution in [0.1, 0.15) is 10.4 Å². The molecule has 0 N–H and O–H groups in total. The molecule has 1 aromatic heterocycles. The highest BCUT2D eigenvalue weighted by Crippen LogP contribution is 2.18. The summed E-state index contributed by atoms with van der Waals surface area (Å²) in [5.41, 5.74) is 2.91. The summed E-state index contributed by atoms with van der Waals surface area (Å²) in [4.78, 5) is 12.7. The highest BCUT2D eigenvalue weighted by Gasteiger charge is 2.19. The van der Waals surface area contributed by atoms with Gasteiger partial charge in [-0.2, -0.15) is 4.57 Å². The van der Waals surface area contributed by atoms with Crippen molar-refractivity contribution in [2.45, 2.75) is 6.54 Å². The molecular formula is C21H16NO+. The monoisotopic (exact) mass is 298 g/mol. The van der Waals surface area contributed by atoms with E-state index < -0.39 is 0 Å². The number of ketones is 1. The van der Waals surface area contributed by atoms with E-state index in [0.717, 1.165) is 27.4 Å². The first-order valence-electron chi connectivity index (χ1n) is 7.71. The minimum atomic E-state index is 0.122. The van der Waals surface area contributed by atoms with E-state index in [9.17, 15) is 4.79 Å². The Labute approximate surface area is 134 Å². The zero-order valence-corrected chi connectivity index (χ0v) is 12.6. The van der Waals surface area contributed by atoms with Crippen molar-refractivity contribution in [3.8, 4) is 0 Å². The van der Waals surface area contributed by atoms with Crippen LogP contribution in [0.4, 0.5) is 0 Å². The maximum absolute atomic E-state index is 12.7. The molecule has 0 spiro atoms. The fraction of sp³-hybridized carbons (Fsp3) is 0.0476. The second kappa shape index (κ2) is 5.65. The van der Waals surface area contributed by atoms with E-state index in [4.69, 9.17) is 0 Å². The Balaban J connectivity index is 1.91. The SMILES string of the molecule is O=C(C[n+]1c2ccccc2cc2ccccc21)c1ccccc1. The smallest absolute Gasteiger partial charge is 0.227 e. The van der Waals surface area contributed by atoms with Gasteiger partial charge >= 0.3 is 0 Å². The van der Waals surface area contributed by atoms with Crippen LogP contribution in [0.5, 0.6) is 0 Å². The molecule has 0 amide bonds. The van der Waals surface area contributed by atoms with Crippen LogP contribution in [-0.2, 0) is 6.54 Å². The van der Waals surface area contributed by atoms with Gasteiger partial charge in [0.15, 0.2) is 0 Å². The van der Waals surface area contributed by atoms with E-state index in [2.05, 4.69) is 34.9 Å². The number of nitrogens with zero attached hydrogens (tertiary/aromatic N) is 1. The molecule has 23 heavy (non-hydrogen) atoms. The van der Waals surface area contributed by atoms with Gasteiger partial charge in [0.1, 0.15) is 0 Å². The van der Waals surface area contributed by atoms with E-state index >= 15 is 0 Å². The molecule has 0 bridgehead atoms. The zero-order valence-electron chi connectivity index (χ0n) is 12.6. The highest BCUT2D eigenvalue weighted by atomic mass is 16.1. The number of fused-ring (bicyclic) bond motifs is 2. The highest BCUT2D eigenvalue weighted by molar-refractivity contribution is 5.96. The Bertz CT molecular complexity index is 952. The van der Waals surface area contributed by atoms with Gasteiger partial charge in [-0.25, -0.2) is 0 Å². The number of Topliss-reactive ketones (excluding diaryl/α,β-unsaturated/α-hetero) is 1. The summed E-state index contributed by atoms with van der Waals surface area (Å²) in [5.74, 6) is 0.122. The average Bonchev–Trinajstić information content (AvgIpc) is 2.62. The number of aromatic nitrogens is 1. The van der Waals surface area contributed by atoms with E-state index in [1.54, 1.807) is 0 Å². The van der Waals surface area contributed by atoms with Crippen LogP contribution in [0.15, 0.2) is 84.9 Å². The topological polar surface area (TPSA) is 20.9 Å².